The molecule has 1 aromatic heterocycles. The van der Waals surface area contributed by atoms with Gasteiger partial charge in [0.25, 0.3) is 0 Å². The number of hydrogen-bond acceptors (Lipinski definition) is 6. The molecule has 0 amide bonds. The molecule has 3 rings (SSSR count). The van der Waals surface area contributed by atoms with Gasteiger partial charge in [-0.25, -0.2) is 18.1 Å². The average Bonchev–Trinajstić information content (AvgIpc) is 3.02. The molecule has 0 radical (unpaired) electrons. The summed E-state index contributed by atoms with van der Waals surface area (Å²) in [5.41, 5.74) is 2.40. The predicted molar refractivity (Wildman–Crippen MR) is 91.2 cm³/mol. The van der Waals surface area contributed by atoms with Gasteiger partial charge in [-0.3, -0.25) is 0 Å². The Bertz CT molecular complexity index is 762. The minimum atomic E-state index is -3.53. The van der Waals surface area contributed by atoms with E-state index in [2.05, 4.69) is 15.0 Å². The molecule has 1 aliphatic heterocycles. The zero-order valence-electron chi connectivity index (χ0n) is 13.0. The molecule has 2 heterocycles. The number of ether oxygens (including phenoxy) is 1. The van der Waals surface area contributed by atoms with E-state index in [1.807, 2.05) is 0 Å². The number of sulfonamides is 1. The smallest absolute Gasteiger partial charge is 0.240 e. The summed E-state index contributed by atoms with van der Waals surface area (Å²) >= 11 is 1.44. The second kappa shape index (κ2) is 6.82. The monoisotopic (exact) mass is 355 g/mol. The summed E-state index contributed by atoms with van der Waals surface area (Å²) in [5.74, 6) is 0. The van der Waals surface area contributed by atoms with Gasteiger partial charge in [-0.2, -0.15) is 0 Å². The molecule has 126 valence electrons. The van der Waals surface area contributed by atoms with Gasteiger partial charge in [-0.15, -0.1) is 11.3 Å². The summed E-state index contributed by atoms with van der Waals surface area (Å²) in [7, 11) is -1.87. The maximum absolute atomic E-state index is 12.6. The Morgan fingerprint density at radius 1 is 1.39 bits per heavy atom. The van der Waals surface area contributed by atoms with Crippen LogP contribution in [-0.2, 0) is 14.8 Å². The number of fused-ring (bicyclic) bond motifs is 1. The fraction of sp³-hybridized carbons (Fsp3) is 0.533. The van der Waals surface area contributed by atoms with Gasteiger partial charge < -0.3 is 10.1 Å². The third kappa shape index (κ3) is 3.72. The first kappa shape index (κ1) is 16.8. The van der Waals surface area contributed by atoms with E-state index in [-0.39, 0.29) is 10.3 Å². The zero-order chi connectivity index (χ0) is 16.3. The van der Waals surface area contributed by atoms with Gasteiger partial charge in [0.1, 0.15) is 0 Å². The van der Waals surface area contributed by atoms with Gasteiger partial charge in [0.2, 0.25) is 10.0 Å². The minimum Gasteiger partial charge on any atom is -0.384 e. The first-order chi connectivity index (χ1) is 11.0. The van der Waals surface area contributed by atoms with Crippen LogP contribution in [0.5, 0.6) is 0 Å². The van der Waals surface area contributed by atoms with E-state index >= 15 is 0 Å². The number of methoxy groups -OCH3 is 1. The SMILES string of the molecule is COCC1(CNS(=O)(=O)c2ccc3ncsc3c2)CCNCC1. The predicted octanol–water partition coefficient (Wildman–Crippen LogP) is 1.59. The molecule has 1 fully saturated rings. The fourth-order valence-corrected chi connectivity index (χ4v) is 4.94. The van der Waals surface area contributed by atoms with Crippen molar-refractivity contribution >= 4 is 31.6 Å². The molecule has 8 heteroatoms. The second-order valence-electron chi connectivity index (χ2n) is 5.99. The number of nitrogens with zero attached hydrogens (tertiary/aromatic N) is 1. The normalized spacial score (nSPS) is 18.3. The molecule has 0 atom stereocenters. The van der Waals surface area contributed by atoms with Crippen molar-refractivity contribution in [2.45, 2.75) is 17.7 Å². The van der Waals surface area contributed by atoms with E-state index in [0.29, 0.717) is 13.2 Å². The highest BCUT2D eigenvalue weighted by molar-refractivity contribution is 7.89. The van der Waals surface area contributed by atoms with Crippen molar-refractivity contribution < 1.29 is 13.2 Å². The van der Waals surface area contributed by atoms with Crippen LogP contribution in [0, 0.1) is 5.41 Å². The van der Waals surface area contributed by atoms with Gasteiger partial charge in [0.05, 0.1) is 27.2 Å². The van der Waals surface area contributed by atoms with Crippen LogP contribution in [0.2, 0.25) is 0 Å². The highest BCUT2D eigenvalue weighted by atomic mass is 32.2. The molecule has 1 saturated heterocycles. The van der Waals surface area contributed by atoms with Crippen LogP contribution in [0.25, 0.3) is 10.2 Å². The Morgan fingerprint density at radius 3 is 2.91 bits per heavy atom. The Morgan fingerprint density at radius 2 is 2.17 bits per heavy atom. The Balaban J connectivity index is 1.76. The molecule has 0 spiro atoms. The van der Waals surface area contributed by atoms with Crippen molar-refractivity contribution in [3.05, 3.63) is 23.7 Å². The number of piperidine rings is 1. The maximum Gasteiger partial charge on any atom is 0.240 e. The average molecular weight is 355 g/mol. The molecular formula is C15H21N3O3S2. The molecular weight excluding hydrogens is 334 g/mol. The lowest BCUT2D eigenvalue weighted by Gasteiger charge is -2.37. The van der Waals surface area contributed by atoms with Crippen molar-refractivity contribution in [1.82, 2.24) is 15.0 Å². The van der Waals surface area contributed by atoms with Crippen molar-refractivity contribution in [1.29, 1.82) is 0 Å². The van der Waals surface area contributed by atoms with Crippen molar-refractivity contribution in [2.24, 2.45) is 5.41 Å². The Kier molecular flexibility index (Phi) is 4.98. The summed E-state index contributed by atoms with van der Waals surface area (Å²) < 4.78 is 34.2. The van der Waals surface area contributed by atoms with Gasteiger partial charge in [-0.05, 0) is 44.1 Å². The lowest BCUT2D eigenvalue weighted by Crippen LogP contribution is -2.47. The maximum atomic E-state index is 12.6. The third-order valence-electron chi connectivity index (χ3n) is 4.36. The summed E-state index contributed by atoms with van der Waals surface area (Å²) in [6.07, 6.45) is 1.80. The number of benzene rings is 1. The lowest BCUT2D eigenvalue weighted by molar-refractivity contribution is 0.0577. The largest absolute Gasteiger partial charge is 0.384 e. The van der Waals surface area contributed by atoms with E-state index in [1.165, 1.54) is 11.3 Å². The number of aromatic nitrogens is 1. The summed E-state index contributed by atoms with van der Waals surface area (Å²) in [5, 5.41) is 3.31. The van der Waals surface area contributed by atoms with E-state index in [9.17, 15) is 8.42 Å². The van der Waals surface area contributed by atoms with Crippen molar-refractivity contribution in [3.8, 4) is 0 Å². The lowest BCUT2D eigenvalue weighted by atomic mass is 9.80. The molecule has 23 heavy (non-hydrogen) atoms. The number of rotatable bonds is 6. The summed E-state index contributed by atoms with van der Waals surface area (Å²) in [4.78, 5) is 4.46. The fourth-order valence-electron chi connectivity index (χ4n) is 2.97. The van der Waals surface area contributed by atoms with Crippen LogP contribution < -0.4 is 10.0 Å². The van der Waals surface area contributed by atoms with E-state index in [4.69, 9.17) is 4.74 Å². The van der Waals surface area contributed by atoms with E-state index < -0.39 is 10.0 Å². The molecule has 0 aliphatic carbocycles. The van der Waals surface area contributed by atoms with Crippen LogP contribution in [-0.4, -0.2) is 46.8 Å². The second-order valence-corrected chi connectivity index (χ2v) is 8.64. The quantitative estimate of drug-likeness (QED) is 0.822. The summed E-state index contributed by atoms with van der Waals surface area (Å²) in [6, 6.07) is 5.03. The minimum absolute atomic E-state index is 0.137. The van der Waals surface area contributed by atoms with Gasteiger partial charge >= 0.3 is 0 Å². The standard InChI is InChI=1S/C15H21N3O3S2/c1-21-10-15(4-6-16-7-5-15)9-18-23(19,20)12-2-3-13-14(8-12)22-11-17-13/h2-3,8,11,16,18H,4-7,9-10H2,1H3. The van der Waals surface area contributed by atoms with Gasteiger partial charge in [-0.1, -0.05) is 0 Å². The number of nitrogens with one attached hydrogen (secondary N) is 2. The van der Waals surface area contributed by atoms with Gasteiger partial charge in [0.15, 0.2) is 0 Å². The first-order valence-corrected chi connectivity index (χ1v) is 9.94. The molecule has 1 aliphatic rings. The van der Waals surface area contributed by atoms with Crippen LogP contribution in [0.3, 0.4) is 0 Å². The molecule has 1 aromatic carbocycles. The van der Waals surface area contributed by atoms with Crippen LogP contribution in [0.15, 0.2) is 28.6 Å². The van der Waals surface area contributed by atoms with Crippen LogP contribution in [0.4, 0.5) is 0 Å². The Labute approximate surface area is 140 Å². The highest BCUT2D eigenvalue weighted by Gasteiger charge is 2.33. The number of hydrogen-bond donors (Lipinski definition) is 2. The highest BCUT2D eigenvalue weighted by Crippen LogP contribution is 2.29. The molecule has 2 aromatic rings. The van der Waals surface area contributed by atoms with Crippen LogP contribution in [0.1, 0.15) is 12.8 Å². The van der Waals surface area contributed by atoms with Crippen LogP contribution >= 0.6 is 11.3 Å². The number of thiazole rings is 1. The van der Waals surface area contributed by atoms with E-state index in [0.717, 1.165) is 36.1 Å². The molecule has 2 N–H and O–H groups in total. The van der Waals surface area contributed by atoms with E-state index in [1.54, 1.807) is 30.8 Å². The first-order valence-electron chi connectivity index (χ1n) is 7.57. The van der Waals surface area contributed by atoms with Crippen molar-refractivity contribution in [3.63, 3.8) is 0 Å². The zero-order valence-corrected chi connectivity index (χ0v) is 14.7. The van der Waals surface area contributed by atoms with Gasteiger partial charge in [0, 0.05) is 19.1 Å². The molecule has 0 unspecified atom stereocenters. The van der Waals surface area contributed by atoms with Crippen molar-refractivity contribution in [2.75, 3.05) is 33.4 Å². The molecule has 0 bridgehead atoms. The summed E-state index contributed by atoms with van der Waals surface area (Å²) in [6.45, 7) is 2.73. The topological polar surface area (TPSA) is 80.3 Å². The molecule has 0 saturated carbocycles. The molecule has 6 nitrogen and oxygen atoms in total. The Hall–Kier alpha value is -1.06. The third-order valence-corrected chi connectivity index (χ3v) is 6.56.